The first kappa shape index (κ1) is 28.4. The van der Waals surface area contributed by atoms with Gasteiger partial charge in [-0.25, -0.2) is 0 Å². The molecule has 0 saturated carbocycles. The predicted molar refractivity (Wildman–Crippen MR) is 141 cm³/mol. The number of nitro benzene ring substituents is 1. The summed E-state index contributed by atoms with van der Waals surface area (Å²) in [7, 11) is 0. The van der Waals surface area contributed by atoms with Gasteiger partial charge >= 0.3 is 5.69 Å². The molecule has 1 saturated heterocycles. The van der Waals surface area contributed by atoms with E-state index in [4.69, 9.17) is 14.2 Å². The lowest BCUT2D eigenvalue weighted by atomic mass is 9.93. The van der Waals surface area contributed by atoms with Crippen LogP contribution in [0.3, 0.4) is 0 Å². The highest BCUT2D eigenvalue weighted by atomic mass is 16.7. The van der Waals surface area contributed by atoms with E-state index in [-0.39, 0.29) is 24.2 Å². The predicted octanol–water partition coefficient (Wildman–Crippen LogP) is 1.51. The quantitative estimate of drug-likeness (QED) is 0.166. The van der Waals surface area contributed by atoms with Crippen LogP contribution >= 0.6 is 0 Å². The van der Waals surface area contributed by atoms with Crippen molar-refractivity contribution in [2.24, 2.45) is 0 Å². The summed E-state index contributed by atoms with van der Waals surface area (Å²) in [6, 6.07) is 12.3. The Balaban J connectivity index is 1.38. The zero-order chi connectivity index (χ0) is 29.4. The van der Waals surface area contributed by atoms with Crippen LogP contribution in [0.4, 0.5) is 5.69 Å². The second kappa shape index (κ2) is 11.4. The third kappa shape index (κ3) is 5.09. The molecule has 3 aromatic rings. The van der Waals surface area contributed by atoms with Crippen LogP contribution in [0.15, 0.2) is 48.5 Å². The molecule has 5 atom stereocenters. The van der Waals surface area contributed by atoms with E-state index < -0.39 is 47.9 Å². The summed E-state index contributed by atoms with van der Waals surface area (Å²) in [5.41, 5.74) is 0.689. The number of carbonyl (C=O) groups is 2. The second-order valence-electron chi connectivity index (χ2n) is 9.76. The van der Waals surface area contributed by atoms with Crippen molar-refractivity contribution in [2.75, 3.05) is 13.2 Å². The van der Waals surface area contributed by atoms with Gasteiger partial charge in [0.1, 0.15) is 36.8 Å². The Hall–Kier alpha value is -4.14. The number of rotatable bonds is 9. The molecule has 2 aliphatic rings. The van der Waals surface area contributed by atoms with Gasteiger partial charge in [-0.05, 0) is 36.2 Å². The average Bonchev–Trinajstić information content (AvgIpc) is 2.97. The minimum atomic E-state index is -1.74. The van der Waals surface area contributed by atoms with Gasteiger partial charge in [0.2, 0.25) is 6.29 Å². The van der Waals surface area contributed by atoms with Crippen LogP contribution in [0.2, 0.25) is 0 Å². The second-order valence-corrected chi connectivity index (χ2v) is 9.76. The van der Waals surface area contributed by atoms with Crippen LogP contribution in [0.5, 0.6) is 11.5 Å². The maximum Gasteiger partial charge on any atom is 0.311 e. The van der Waals surface area contributed by atoms with Crippen molar-refractivity contribution in [1.82, 2.24) is 4.90 Å². The lowest BCUT2D eigenvalue weighted by Crippen LogP contribution is -2.60. The van der Waals surface area contributed by atoms with Crippen molar-refractivity contribution < 1.29 is 49.1 Å². The van der Waals surface area contributed by atoms with E-state index in [1.54, 1.807) is 30.3 Å². The molecule has 1 fully saturated rings. The van der Waals surface area contributed by atoms with Crippen LogP contribution in [-0.4, -0.2) is 85.9 Å². The van der Waals surface area contributed by atoms with Crippen molar-refractivity contribution in [3.05, 3.63) is 75.3 Å². The number of hydrogen-bond acceptors (Lipinski definition) is 11. The summed E-state index contributed by atoms with van der Waals surface area (Å²) >= 11 is 0. The molecule has 0 radical (unpaired) electrons. The monoisotopic (exact) mass is 568 g/mol. The van der Waals surface area contributed by atoms with E-state index >= 15 is 0 Å². The lowest BCUT2D eigenvalue weighted by Gasteiger charge is -2.39. The Bertz CT molecular complexity index is 1490. The van der Waals surface area contributed by atoms with E-state index in [0.717, 1.165) is 0 Å². The highest BCUT2D eigenvalue weighted by Gasteiger charge is 2.45. The van der Waals surface area contributed by atoms with Gasteiger partial charge in [0.25, 0.3) is 11.8 Å². The molecule has 2 amide bonds. The molecular formula is C28H28N2O11. The first-order valence-corrected chi connectivity index (χ1v) is 13.0. The van der Waals surface area contributed by atoms with Crippen LogP contribution in [0.25, 0.3) is 10.8 Å². The van der Waals surface area contributed by atoms with E-state index in [0.29, 0.717) is 46.2 Å². The molecule has 0 bridgehead atoms. The first-order valence-electron chi connectivity index (χ1n) is 13.0. The summed E-state index contributed by atoms with van der Waals surface area (Å²) in [5.74, 6) is -0.659. The number of benzene rings is 3. The van der Waals surface area contributed by atoms with Gasteiger partial charge < -0.3 is 34.6 Å². The van der Waals surface area contributed by atoms with Crippen molar-refractivity contribution in [2.45, 2.75) is 50.7 Å². The van der Waals surface area contributed by atoms with Crippen molar-refractivity contribution in [3.63, 3.8) is 0 Å². The zero-order valence-corrected chi connectivity index (χ0v) is 21.9. The highest BCUT2D eigenvalue weighted by Crippen LogP contribution is 2.37. The van der Waals surface area contributed by atoms with Gasteiger partial charge in [-0.15, -0.1) is 0 Å². The molecule has 4 N–H and O–H groups in total. The summed E-state index contributed by atoms with van der Waals surface area (Å²) in [5, 5.41) is 52.4. The molecule has 2 heterocycles. The van der Waals surface area contributed by atoms with Crippen LogP contribution in [0.1, 0.15) is 39.6 Å². The third-order valence-corrected chi connectivity index (χ3v) is 7.10. The number of aliphatic hydroxyl groups is 4. The number of hydrogen-bond donors (Lipinski definition) is 4. The summed E-state index contributed by atoms with van der Waals surface area (Å²) in [4.78, 5) is 38.3. The lowest BCUT2D eigenvalue weighted by molar-refractivity contribution is -0.387. The number of nitro groups is 1. The Labute approximate surface area is 233 Å². The summed E-state index contributed by atoms with van der Waals surface area (Å²) < 4.78 is 16.7. The normalized spacial score (nSPS) is 24.0. The fraction of sp³-hybridized carbons (Fsp3) is 0.357. The Morgan fingerprint density at radius 3 is 2.37 bits per heavy atom. The zero-order valence-electron chi connectivity index (χ0n) is 21.9. The molecule has 0 aliphatic carbocycles. The minimum absolute atomic E-state index is 0.107. The van der Waals surface area contributed by atoms with Crippen LogP contribution < -0.4 is 9.47 Å². The maximum absolute atomic E-state index is 13.0. The number of imide groups is 1. The van der Waals surface area contributed by atoms with Gasteiger partial charge in [0, 0.05) is 34.5 Å². The molecule has 3 aromatic carbocycles. The number of nitrogens with zero attached hydrogens (tertiary/aromatic N) is 2. The van der Waals surface area contributed by atoms with Gasteiger partial charge in [0.15, 0.2) is 5.75 Å². The molecule has 13 nitrogen and oxygen atoms in total. The molecular weight excluding hydrogens is 540 g/mol. The summed E-state index contributed by atoms with van der Waals surface area (Å²) in [6.45, 7) is 1.40. The number of carbonyl (C=O) groups excluding carboxylic acids is 2. The van der Waals surface area contributed by atoms with Gasteiger partial charge in [-0.2, -0.15) is 0 Å². The molecule has 0 spiro atoms. The molecule has 2 aliphatic heterocycles. The standard InChI is InChI=1S/C28H28N2O11/c1-2-10-29-26(35)16-5-3-4-15-19(9-7-17(22(15)16)27(29)36)39-13-14-6-8-20(18(11-14)30(37)38)40-28-25(34)24(33)23(32)21(12-31)41-28/h3-9,11,21,23-25,28,31-34H,2,10,12-13H2,1H3/t21-,23+,24+,25-,28-/m0/s1. The number of ether oxygens (including phenoxy) is 3. The van der Waals surface area contributed by atoms with Crippen molar-refractivity contribution in [3.8, 4) is 11.5 Å². The van der Waals surface area contributed by atoms with Gasteiger partial charge in [-0.3, -0.25) is 24.6 Å². The van der Waals surface area contributed by atoms with Crippen LogP contribution in [0, 0.1) is 10.1 Å². The number of amides is 2. The molecule has 0 unspecified atom stereocenters. The molecule has 13 heteroatoms. The molecule has 41 heavy (non-hydrogen) atoms. The van der Waals surface area contributed by atoms with Crippen molar-refractivity contribution >= 4 is 28.3 Å². The van der Waals surface area contributed by atoms with Crippen molar-refractivity contribution in [1.29, 1.82) is 0 Å². The third-order valence-electron chi connectivity index (χ3n) is 7.10. The van der Waals surface area contributed by atoms with E-state index in [2.05, 4.69) is 0 Å². The SMILES string of the molecule is CCCN1C(=O)c2cccc3c(OCc4ccc(O[C@H]5O[C@@H](CO)[C@@H](O)[C@@H](O)[C@@H]5O)c([N+](=O)[O-])c4)ccc(c23)C1=O. The Morgan fingerprint density at radius 2 is 1.68 bits per heavy atom. The highest BCUT2D eigenvalue weighted by molar-refractivity contribution is 6.26. The van der Waals surface area contributed by atoms with E-state index in [1.165, 1.54) is 23.1 Å². The van der Waals surface area contributed by atoms with Gasteiger partial charge in [-0.1, -0.05) is 25.1 Å². The Morgan fingerprint density at radius 1 is 0.976 bits per heavy atom. The largest absolute Gasteiger partial charge is 0.488 e. The maximum atomic E-state index is 13.0. The minimum Gasteiger partial charge on any atom is -0.488 e. The number of aliphatic hydroxyl groups excluding tert-OH is 4. The molecule has 5 rings (SSSR count). The van der Waals surface area contributed by atoms with E-state index in [9.17, 15) is 40.1 Å². The van der Waals surface area contributed by atoms with Crippen LogP contribution in [-0.2, 0) is 11.3 Å². The smallest absolute Gasteiger partial charge is 0.311 e. The molecule has 216 valence electrons. The van der Waals surface area contributed by atoms with E-state index in [1.807, 2.05) is 6.92 Å². The Kier molecular flexibility index (Phi) is 7.89. The first-order chi connectivity index (χ1) is 19.7. The van der Waals surface area contributed by atoms with Gasteiger partial charge in [0.05, 0.1) is 11.5 Å². The fourth-order valence-electron chi connectivity index (χ4n) is 5.02. The topological polar surface area (TPSA) is 189 Å². The summed E-state index contributed by atoms with van der Waals surface area (Å²) in [6.07, 6.45) is -7.26. The fourth-order valence-corrected chi connectivity index (χ4v) is 5.02. The average molecular weight is 569 g/mol. The molecule has 0 aromatic heterocycles.